The maximum absolute atomic E-state index is 4.39. The zero-order chi connectivity index (χ0) is 13.1. The third-order valence-corrected chi connectivity index (χ3v) is 2.78. The Bertz CT molecular complexity index is 673. The first-order valence-electron chi connectivity index (χ1n) is 6.11. The van der Waals surface area contributed by atoms with Crippen molar-refractivity contribution in [2.24, 2.45) is 0 Å². The van der Waals surface area contributed by atoms with Gasteiger partial charge in [-0.1, -0.05) is 24.3 Å². The van der Waals surface area contributed by atoms with Crippen molar-refractivity contribution in [3.63, 3.8) is 0 Å². The van der Waals surface area contributed by atoms with E-state index in [4.69, 9.17) is 0 Å². The van der Waals surface area contributed by atoms with E-state index in [-0.39, 0.29) is 0 Å². The molecule has 1 aromatic carbocycles. The van der Waals surface area contributed by atoms with Gasteiger partial charge in [0.05, 0.1) is 6.20 Å². The molecule has 0 aliphatic carbocycles. The molecule has 0 saturated heterocycles. The number of nitrogens with one attached hydrogen (secondary N) is 1. The van der Waals surface area contributed by atoms with Gasteiger partial charge >= 0.3 is 0 Å². The standard InChI is InChI=1S/C15H14N4/c1-12-6-5-9-14(17-12)18-15-10-19(11-16-15)13-7-3-2-4-8-13/h2-11H,1H3,(H,17,18). The van der Waals surface area contributed by atoms with Gasteiger partial charge in [-0.25, -0.2) is 9.97 Å². The van der Waals surface area contributed by atoms with Gasteiger partial charge < -0.3 is 9.88 Å². The summed E-state index contributed by atoms with van der Waals surface area (Å²) in [4.78, 5) is 8.72. The molecule has 0 amide bonds. The number of pyridine rings is 1. The summed E-state index contributed by atoms with van der Waals surface area (Å²) in [5.74, 6) is 1.58. The highest BCUT2D eigenvalue weighted by atomic mass is 15.1. The van der Waals surface area contributed by atoms with Gasteiger partial charge in [0.25, 0.3) is 0 Å². The Labute approximate surface area is 111 Å². The average molecular weight is 250 g/mol. The number of benzene rings is 1. The van der Waals surface area contributed by atoms with E-state index in [9.17, 15) is 0 Å². The van der Waals surface area contributed by atoms with E-state index < -0.39 is 0 Å². The van der Waals surface area contributed by atoms with Gasteiger partial charge in [-0.3, -0.25) is 0 Å². The van der Waals surface area contributed by atoms with Gasteiger partial charge in [0.2, 0.25) is 0 Å². The predicted octanol–water partition coefficient (Wildman–Crippen LogP) is 3.32. The van der Waals surface area contributed by atoms with E-state index in [1.165, 1.54) is 0 Å². The molecule has 0 spiro atoms. The molecule has 4 nitrogen and oxygen atoms in total. The summed E-state index contributed by atoms with van der Waals surface area (Å²) >= 11 is 0. The lowest BCUT2D eigenvalue weighted by Crippen LogP contribution is -1.94. The molecule has 0 aliphatic rings. The van der Waals surface area contributed by atoms with Crippen molar-refractivity contribution >= 4 is 11.6 Å². The fourth-order valence-electron chi connectivity index (χ4n) is 1.87. The number of hydrogen-bond donors (Lipinski definition) is 1. The summed E-state index contributed by atoms with van der Waals surface area (Å²) in [5.41, 5.74) is 2.06. The Hall–Kier alpha value is -2.62. The second kappa shape index (κ2) is 4.94. The Morgan fingerprint density at radius 2 is 1.79 bits per heavy atom. The molecule has 94 valence electrons. The Morgan fingerprint density at radius 1 is 0.947 bits per heavy atom. The van der Waals surface area contributed by atoms with Crippen LogP contribution in [-0.2, 0) is 0 Å². The smallest absolute Gasteiger partial charge is 0.150 e. The van der Waals surface area contributed by atoms with Crippen molar-refractivity contribution in [1.29, 1.82) is 0 Å². The quantitative estimate of drug-likeness (QED) is 0.775. The lowest BCUT2D eigenvalue weighted by Gasteiger charge is -2.02. The first-order valence-corrected chi connectivity index (χ1v) is 6.11. The van der Waals surface area contributed by atoms with Crippen LogP contribution in [0.1, 0.15) is 5.69 Å². The lowest BCUT2D eigenvalue weighted by atomic mass is 10.3. The highest BCUT2D eigenvalue weighted by molar-refractivity contribution is 5.51. The predicted molar refractivity (Wildman–Crippen MR) is 75.8 cm³/mol. The molecule has 3 rings (SSSR count). The number of para-hydroxylation sites is 1. The van der Waals surface area contributed by atoms with Crippen LogP contribution in [0.3, 0.4) is 0 Å². The van der Waals surface area contributed by atoms with E-state index in [0.717, 1.165) is 23.0 Å². The Kier molecular flexibility index (Phi) is 2.98. The van der Waals surface area contributed by atoms with Crippen molar-refractivity contribution in [3.8, 4) is 5.69 Å². The summed E-state index contributed by atoms with van der Waals surface area (Å²) < 4.78 is 1.97. The summed E-state index contributed by atoms with van der Waals surface area (Å²) in [7, 11) is 0. The third kappa shape index (κ3) is 2.63. The maximum Gasteiger partial charge on any atom is 0.150 e. The normalized spacial score (nSPS) is 10.4. The minimum Gasteiger partial charge on any atom is -0.324 e. The van der Waals surface area contributed by atoms with Gasteiger partial charge in [-0.15, -0.1) is 0 Å². The molecule has 0 bridgehead atoms. The molecule has 0 saturated carbocycles. The number of hydrogen-bond acceptors (Lipinski definition) is 3. The van der Waals surface area contributed by atoms with Crippen LogP contribution in [0.25, 0.3) is 5.69 Å². The summed E-state index contributed by atoms with van der Waals surface area (Å²) in [5, 5.41) is 3.19. The molecule has 0 fully saturated rings. The SMILES string of the molecule is Cc1cccc(Nc2cn(-c3ccccc3)cn2)n1. The Balaban J connectivity index is 1.82. The van der Waals surface area contributed by atoms with Crippen LogP contribution >= 0.6 is 0 Å². The summed E-state index contributed by atoms with van der Waals surface area (Å²) in [6.45, 7) is 1.97. The number of nitrogens with zero attached hydrogens (tertiary/aromatic N) is 3. The number of rotatable bonds is 3. The van der Waals surface area contributed by atoms with Gasteiger partial charge in [0.15, 0.2) is 0 Å². The largest absolute Gasteiger partial charge is 0.324 e. The molecule has 0 aliphatic heterocycles. The molecule has 0 atom stereocenters. The fraction of sp³-hybridized carbons (Fsp3) is 0.0667. The third-order valence-electron chi connectivity index (χ3n) is 2.78. The fourth-order valence-corrected chi connectivity index (χ4v) is 1.87. The minimum atomic E-state index is 0.780. The molecule has 19 heavy (non-hydrogen) atoms. The molecule has 4 heteroatoms. The van der Waals surface area contributed by atoms with Crippen molar-refractivity contribution < 1.29 is 0 Å². The molecular weight excluding hydrogens is 236 g/mol. The van der Waals surface area contributed by atoms with Crippen molar-refractivity contribution in [2.45, 2.75) is 6.92 Å². The zero-order valence-corrected chi connectivity index (χ0v) is 10.6. The summed E-state index contributed by atoms with van der Waals surface area (Å²) in [6.07, 6.45) is 3.73. The van der Waals surface area contributed by atoms with Crippen LogP contribution in [0.15, 0.2) is 61.1 Å². The van der Waals surface area contributed by atoms with Crippen molar-refractivity contribution in [2.75, 3.05) is 5.32 Å². The molecule has 0 radical (unpaired) electrons. The van der Waals surface area contributed by atoms with E-state index >= 15 is 0 Å². The topological polar surface area (TPSA) is 42.7 Å². The second-order valence-corrected chi connectivity index (χ2v) is 4.29. The van der Waals surface area contributed by atoms with Gasteiger partial charge in [0.1, 0.15) is 18.0 Å². The first kappa shape index (κ1) is 11.5. The zero-order valence-electron chi connectivity index (χ0n) is 10.6. The molecule has 0 unspecified atom stereocenters. The number of imidazole rings is 1. The number of aromatic nitrogens is 3. The molecule has 3 aromatic rings. The first-order chi connectivity index (χ1) is 9.31. The van der Waals surface area contributed by atoms with E-state index in [1.807, 2.05) is 66.2 Å². The van der Waals surface area contributed by atoms with Crippen LogP contribution in [0.5, 0.6) is 0 Å². The molecular formula is C15H14N4. The van der Waals surface area contributed by atoms with Crippen LogP contribution < -0.4 is 5.32 Å². The van der Waals surface area contributed by atoms with Crippen LogP contribution in [-0.4, -0.2) is 14.5 Å². The van der Waals surface area contributed by atoms with Gasteiger partial charge in [0, 0.05) is 11.4 Å². The van der Waals surface area contributed by atoms with Crippen molar-refractivity contribution in [1.82, 2.24) is 14.5 Å². The van der Waals surface area contributed by atoms with Crippen LogP contribution in [0.4, 0.5) is 11.6 Å². The average Bonchev–Trinajstić information content (AvgIpc) is 2.88. The minimum absolute atomic E-state index is 0.780. The molecule has 2 aromatic heterocycles. The van der Waals surface area contributed by atoms with E-state index in [1.54, 1.807) is 6.33 Å². The number of aryl methyl sites for hydroxylation is 1. The molecule has 2 heterocycles. The summed E-state index contributed by atoms with van der Waals surface area (Å²) in [6, 6.07) is 15.9. The van der Waals surface area contributed by atoms with Crippen molar-refractivity contribution in [3.05, 3.63) is 66.7 Å². The van der Waals surface area contributed by atoms with Crippen LogP contribution in [0.2, 0.25) is 0 Å². The van der Waals surface area contributed by atoms with E-state index in [0.29, 0.717) is 0 Å². The highest BCUT2D eigenvalue weighted by Crippen LogP contribution is 2.15. The monoisotopic (exact) mass is 250 g/mol. The lowest BCUT2D eigenvalue weighted by molar-refractivity contribution is 1.06. The number of anilines is 2. The Morgan fingerprint density at radius 3 is 2.58 bits per heavy atom. The molecule has 1 N–H and O–H groups in total. The second-order valence-electron chi connectivity index (χ2n) is 4.29. The van der Waals surface area contributed by atoms with E-state index in [2.05, 4.69) is 15.3 Å². The van der Waals surface area contributed by atoms with Gasteiger partial charge in [-0.05, 0) is 31.2 Å². The highest BCUT2D eigenvalue weighted by Gasteiger charge is 2.01. The van der Waals surface area contributed by atoms with Gasteiger partial charge in [-0.2, -0.15) is 0 Å². The maximum atomic E-state index is 4.39. The van der Waals surface area contributed by atoms with Crippen LogP contribution in [0, 0.1) is 6.92 Å².